The van der Waals surface area contributed by atoms with E-state index in [1.165, 1.54) is 27.5 Å². The molecular formula is C26H30N2O2. The van der Waals surface area contributed by atoms with E-state index in [0.29, 0.717) is 19.0 Å². The Kier molecular flexibility index (Phi) is 5.13. The van der Waals surface area contributed by atoms with Crippen LogP contribution in [0.5, 0.6) is 11.5 Å². The number of hydrogen-bond acceptors (Lipinski definition) is 4. The second-order valence-corrected chi connectivity index (χ2v) is 8.49. The predicted molar refractivity (Wildman–Crippen MR) is 121 cm³/mol. The number of rotatable bonds is 5. The highest BCUT2D eigenvalue weighted by atomic mass is 16.7. The van der Waals surface area contributed by atoms with E-state index >= 15 is 0 Å². The lowest BCUT2D eigenvalue weighted by Crippen LogP contribution is -2.49. The second-order valence-electron chi connectivity index (χ2n) is 8.49. The van der Waals surface area contributed by atoms with Gasteiger partial charge in [0, 0.05) is 19.1 Å². The molecule has 2 aliphatic heterocycles. The van der Waals surface area contributed by atoms with E-state index < -0.39 is 0 Å². The van der Waals surface area contributed by atoms with Crippen LogP contribution >= 0.6 is 0 Å². The Morgan fingerprint density at radius 2 is 1.73 bits per heavy atom. The van der Waals surface area contributed by atoms with Gasteiger partial charge < -0.3 is 9.47 Å². The zero-order valence-corrected chi connectivity index (χ0v) is 18.1. The van der Waals surface area contributed by atoms with Crippen molar-refractivity contribution < 1.29 is 9.47 Å². The van der Waals surface area contributed by atoms with Gasteiger partial charge in [0.2, 0.25) is 6.79 Å². The summed E-state index contributed by atoms with van der Waals surface area (Å²) in [5.74, 6) is 1.79. The summed E-state index contributed by atoms with van der Waals surface area (Å²) in [6.45, 7) is 6.99. The Balaban J connectivity index is 1.40. The van der Waals surface area contributed by atoms with E-state index in [2.05, 4.69) is 85.3 Å². The van der Waals surface area contributed by atoms with Crippen molar-refractivity contribution in [2.24, 2.45) is 0 Å². The number of fused-ring (bicyclic) bond motifs is 3. The average Bonchev–Trinajstić information content (AvgIpc) is 3.24. The molecule has 0 saturated heterocycles. The molecule has 2 atom stereocenters. The first kappa shape index (κ1) is 19.4. The van der Waals surface area contributed by atoms with Crippen LogP contribution in [0.1, 0.15) is 43.0 Å². The molecule has 0 aromatic heterocycles. The third-order valence-electron chi connectivity index (χ3n) is 6.88. The van der Waals surface area contributed by atoms with Crippen LogP contribution in [0.25, 0.3) is 10.8 Å². The monoisotopic (exact) mass is 402 g/mol. The zero-order valence-electron chi connectivity index (χ0n) is 18.1. The van der Waals surface area contributed by atoms with Gasteiger partial charge in [-0.25, -0.2) is 0 Å². The van der Waals surface area contributed by atoms with Gasteiger partial charge in [-0.05, 0) is 66.4 Å². The highest BCUT2D eigenvalue weighted by molar-refractivity contribution is 5.86. The summed E-state index contributed by atoms with van der Waals surface area (Å²) in [5, 5.41) is 2.66. The minimum Gasteiger partial charge on any atom is -0.454 e. The van der Waals surface area contributed by atoms with Gasteiger partial charge in [0.25, 0.3) is 0 Å². The second kappa shape index (κ2) is 7.93. The molecule has 0 bridgehead atoms. The molecule has 0 aliphatic carbocycles. The standard InChI is InChI=1S/C26H30N2O2/c1-4-26(27(3)18(2)22-11-7-9-19-8-5-6-10-23(19)22)28-13-12-20-14-24-25(30-17-29-24)15-21(20)16-28/h5-11,14-15,18,26H,4,12-13,16-17H2,1-3H3. The number of ether oxygens (including phenoxy) is 2. The molecule has 2 aliphatic rings. The third kappa shape index (κ3) is 3.34. The smallest absolute Gasteiger partial charge is 0.231 e. The molecule has 5 rings (SSSR count). The molecular weight excluding hydrogens is 372 g/mol. The largest absolute Gasteiger partial charge is 0.454 e. The van der Waals surface area contributed by atoms with Crippen molar-refractivity contribution in [3.05, 3.63) is 71.3 Å². The van der Waals surface area contributed by atoms with Gasteiger partial charge in [-0.2, -0.15) is 0 Å². The molecule has 30 heavy (non-hydrogen) atoms. The number of benzene rings is 3. The lowest BCUT2D eigenvalue weighted by Gasteiger charge is -2.42. The van der Waals surface area contributed by atoms with E-state index in [1.807, 2.05) is 0 Å². The molecule has 0 saturated carbocycles. The van der Waals surface area contributed by atoms with Crippen molar-refractivity contribution in [1.29, 1.82) is 0 Å². The molecule has 2 unspecified atom stereocenters. The highest BCUT2D eigenvalue weighted by Crippen LogP contribution is 2.38. The van der Waals surface area contributed by atoms with Crippen molar-refractivity contribution in [2.45, 2.75) is 45.4 Å². The third-order valence-corrected chi connectivity index (χ3v) is 6.88. The first-order valence-corrected chi connectivity index (χ1v) is 11.0. The van der Waals surface area contributed by atoms with Crippen molar-refractivity contribution in [1.82, 2.24) is 9.80 Å². The van der Waals surface area contributed by atoms with E-state index in [0.717, 1.165) is 37.4 Å². The summed E-state index contributed by atoms with van der Waals surface area (Å²) in [5.41, 5.74) is 4.17. The lowest BCUT2D eigenvalue weighted by atomic mass is 9.96. The van der Waals surface area contributed by atoms with Crippen LogP contribution in [-0.4, -0.2) is 36.4 Å². The van der Waals surface area contributed by atoms with E-state index in [4.69, 9.17) is 9.47 Å². The fourth-order valence-corrected chi connectivity index (χ4v) is 5.12. The molecule has 4 heteroatoms. The first-order chi connectivity index (χ1) is 14.7. The maximum atomic E-state index is 5.62. The molecule has 156 valence electrons. The van der Waals surface area contributed by atoms with Crippen molar-refractivity contribution in [3.63, 3.8) is 0 Å². The van der Waals surface area contributed by atoms with Crippen LogP contribution < -0.4 is 9.47 Å². The summed E-state index contributed by atoms with van der Waals surface area (Å²) < 4.78 is 11.2. The quantitative estimate of drug-likeness (QED) is 0.574. The van der Waals surface area contributed by atoms with Crippen LogP contribution in [-0.2, 0) is 13.0 Å². The molecule has 3 aromatic carbocycles. The van der Waals surface area contributed by atoms with Gasteiger partial charge in [0.05, 0.1) is 6.17 Å². The number of hydrogen-bond donors (Lipinski definition) is 0. The van der Waals surface area contributed by atoms with Crippen LogP contribution in [0.15, 0.2) is 54.6 Å². The van der Waals surface area contributed by atoms with Crippen molar-refractivity contribution >= 4 is 10.8 Å². The topological polar surface area (TPSA) is 24.9 Å². The minimum absolute atomic E-state index is 0.333. The average molecular weight is 403 g/mol. The van der Waals surface area contributed by atoms with Gasteiger partial charge in [-0.3, -0.25) is 9.80 Å². The molecule has 0 fully saturated rings. The summed E-state index contributed by atoms with van der Waals surface area (Å²) >= 11 is 0. The zero-order chi connectivity index (χ0) is 20.7. The molecule has 2 heterocycles. The van der Waals surface area contributed by atoms with Crippen LogP contribution in [0.2, 0.25) is 0 Å². The maximum absolute atomic E-state index is 5.62. The van der Waals surface area contributed by atoms with Crippen molar-refractivity contribution in [3.8, 4) is 11.5 Å². The van der Waals surface area contributed by atoms with Gasteiger partial charge in [-0.1, -0.05) is 49.4 Å². The van der Waals surface area contributed by atoms with Crippen LogP contribution in [0.4, 0.5) is 0 Å². The van der Waals surface area contributed by atoms with E-state index in [-0.39, 0.29) is 0 Å². The van der Waals surface area contributed by atoms with Gasteiger partial charge in [-0.15, -0.1) is 0 Å². The Labute approximate surface area is 179 Å². The van der Waals surface area contributed by atoms with E-state index in [9.17, 15) is 0 Å². The predicted octanol–water partition coefficient (Wildman–Crippen LogP) is 5.36. The number of nitrogens with zero attached hydrogens (tertiary/aromatic N) is 2. The SMILES string of the molecule is CCC(N1CCc2cc3c(cc2C1)OCO3)N(C)C(C)c1cccc2ccccc12. The first-order valence-electron chi connectivity index (χ1n) is 11.0. The van der Waals surface area contributed by atoms with Gasteiger partial charge in [0.1, 0.15) is 0 Å². The Morgan fingerprint density at radius 1 is 1.00 bits per heavy atom. The molecule has 4 nitrogen and oxygen atoms in total. The molecule has 0 N–H and O–H groups in total. The van der Waals surface area contributed by atoms with Crippen molar-refractivity contribution in [2.75, 3.05) is 20.4 Å². The highest BCUT2D eigenvalue weighted by Gasteiger charge is 2.30. The molecule has 0 spiro atoms. The fraction of sp³-hybridized carbons (Fsp3) is 0.385. The normalized spacial score (nSPS) is 17.9. The molecule has 3 aromatic rings. The fourth-order valence-electron chi connectivity index (χ4n) is 5.12. The van der Waals surface area contributed by atoms with Gasteiger partial charge >= 0.3 is 0 Å². The lowest BCUT2D eigenvalue weighted by molar-refractivity contribution is 0.0235. The Bertz CT molecular complexity index is 1060. The molecule has 0 radical (unpaired) electrons. The summed E-state index contributed by atoms with van der Waals surface area (Å²) in [6.07, 6.45) is 2.53. The van der Waals surface area contributed by atoms with Crippen LogP contribution in [0, 0.1) is 0 Å². The van der Waals surface area contributed by atoms with E-state index in [1.54, 1.807) is 0 Å². The molecule has 0 amide bonds. The minimum atomic E-state index is 0.333. The Morgan fingerprint density at radius 3 is 2.53 bits per heavy atom. The van der Waals surface area contributed by atoms with Crippen LogP contribution in [0.3, 0.4) is 0 Å². The Hall–Kier alpha value is -2.56. The summed E-state index contributed by atoms with van der Waals surface area (Å²) in [4.78, 5) is 5.16. The summed E-state index contributed by atoms with van der Waals surface area (Å²) in [7, 11) is 2.27. The summed E-state index contributed by atoms with van der Waals surface area (Å²) in [6, 6.07) is 20.1. The maximum Gasteiger partial charge on any atom is 0.231 e. The van der Waals surface area contributed by atoms with Gasteiger partial charge in [0.15, 0.2) is 11.5 Å².